The molecule has 0 N–H and O–H groups in total. The molecule has 2 aromatic rings. The summed E-state index contributed by atoms with van der Waals surface area (Å²) >= 11 is 6.74. The van der Waals surface area contributed by atoms with Gasteiger partial charge in [0.2, 0.25) is 0 Å². The van der Waals surface area contributed by atoms with Gasteiger partial charge in [-0.1, -0.05) is 62.2 Å². The molecular weight excluding hydrogens is 264 g/mol. The van der Waals surface area contributed by atoms with Gasteiger partial charge >= 0.3 is 0 Å². The first-order valence-electron chi connectivity index (χ1n) is 7.85. The van der Waals surface area contributed by atoms with E-state index in [-0.39, 0.29) is 5.38 Å². The highest BCUT2D eigenvalue weighted by molar-refractivity contribution is 6.21. The number of hydrogen-bond acceptors (Lipinski definition) is 0. The van der Waals surface area contributed by atoms with E-state index in [4.69, 9.17) is 11.6 Å². The molecule has 0 amide bonds. The molecule has 1 saturated carbocycles. The molecule has 106 valence electrons. The molecule has 0 spiro atoms. The molecule has 2 aromatic carbocycles. The highest BCUT2D eigenvalue weighted by Gasteiger charge is 2.25. The number of fused-ring (bicyclic) bond motifs is 1. The lowest BCUT2D eigenvalue weighted by atomic mass is 9.80. The van der Waals surface area contributed by atoms with Crippen LogP contribution in [-0.2, 0) is 6.42 Å². The van der Waals surface area contributed by atoms with E-state index in [9.17, 15) is 0 Å². The lowest BCUT2D eigenvalue weighted by Gasteiger charge is -2.29. The van der Waals surface area contributed by atoms with Crippen LogP contribution in [0.2, 0.25) is 0 Å². The Kier molecular flexibility index (Phi) is 4.31. The molecule has 0 heterocycles. The smallest absolute Gasteiger partial charge is 0.0404 e. The van der Waals surface area contributed by atoms with Crippen molar-refractivity contribution < 1.29 is 0 Å². The first-order valence-corrected chi connectivity index (χ1v) is 8.28. The molecule has 0 bridgehead atoms. The summed E-state index contributed by atoms with van der Waals surface area (Å²) in [5, 5.41) is 2.98. The molecule has 0 saturated heterocycles. The van der Waals surface area contributed by atoms with Gasteiger partial charge in [0, 0.05) is 5.38 Å². The molecular formula is C19H23Cl. The maximum atomic E-state index is 6.74. The van der Waals surface area contributed by atoms with Gasteiger partial charge in [-0.05, 0) is 47.4 Å². The highest BCUT2D eigenvalue weighted by Crippen LogP contribution is 2.34. The molecule has 1 unspecified atom stereocenters. The van der Waals surface area contributed by atoms with Crippen LogP contribution in [0, 0.1) is 11.8 Å². The number of alkyl halides is 1. The molecule has 1 fully saturated rings. The van der Waals surface area contributed by atoms with Gasteiger partial charge in [-0.3, -0.25) is 0 Å². The molecule has 0 radical (unpaired) electrons. The zero-order chi connectivity index (χ0) is 13.9. The molecule has 3 rings (SSSR count). The maximum Gasteiger partial charge on any atom is 0.0404 e. The second-order valence-electron chi connectivity index (χ2n) is 6.38. The zero-order valence-electron chi connectivity index (χ0n) is 12.2. The predicted molar refractivity (Wildman–Crippen MR) is 88.4 cm³/mol. The topological polar surface area (TPSA) is 0 Å². The van der Waals surface area contributed by atoms with E-state index < -0.39 is 0 Å². The van der Waals surface area contributed by atoms with Crippen LogP contribution in [0.5, 0.6) is 0 Å². The first-order chi connectivity index (χ1) is 9.74. The van der Waals surface area contributed by atoms with Crippen molar-refractivity contribution in [1.29, 1.82) is 0 Å². The molecule has 20 heavy (non-hydrogen) atoms. The van der Waals surface area contributed by atoms with Crippen molar-refractivity contribution in [1.82, 2.24) is 0 Å². The quantitative estimate of drug-likeness (QED) is 0.624. The van der Waals surface area contributed by atoms with Crippen molar-refractivity contribution >= 4 is 22.4 Å². The summed E-state index contributed by atoms with van der Waals surface area (Å²) in [6.45, 7) is 2.37. The van der Waals surface area contributed by atoms with Gasteiger partial charge in [-0.15, -0.1) is 11.6 Å². The molecule has 1 atom stereocenters. The van der Waals surface area contributed by atoms with E-state index in [0.717, 1.165) is 12.3 Å². The van der Waals surface area contributed by atoms with Crippen LogP contribution in [0.25, 0.3) is 10.8 Å². The summed E-state index contributed by atoms with van der Waals surface area (Å²) in [6, 6.07) is 15.2. The summed E-state index contributed by atoms with van der Waals surface area (Å²) in [7, 11) is 0. The van der Waals surface area contributed by atoms with E-state index in [1.807, 2.05) is 0 Å². The van der Waals surface area contributed by atoms with Gasteiger partial charge < -0.3 is 0 Å². The fraction of sp³-hybridized carbons (Fsp3) is 0.474. The molecule has 0 aromatic heterocycles. The fourth-order valence-electron chi connectivity index (χ4n) is 3.49. The van der Waals surface area contributed by atoms with E-state index >= 15 is 0 Å². The lowest BCUT2D eigenvalue weighted by molar-refractivity contribution is 0.281. The van der Waals surface area contributed by atoms with Crippen LogP contribution >= 0.6 is 11.6 Å². The van der Waals surface area contributed by atoms with E-state index in [1.165, 1.54) is 42.0 Å². The van der Waals surface area contributed by atoms with Crippen LogP contribution in [0.1, 0.15) is 38.2 Å². The Labute approximate surface area is 127 Å². The minimum atomic E-state index is 0.285. The van der Waals surface area contributed by atoms with E-state index in [1.54, 1.807) is 0 Å². The van der Waals surface area contributed by atoms with Crippen molar-refractivity contribution in [3.63, 3.8) is 0 Å². The molecule has 1 heteroatoms. The fourth-order valence-corrected chi connectivity index (χ4v) is 3.91. The Bertz CT molecular complexity index is 561. The van der Waals surface area contributed by atoms with Crippen molar-refractivity contribution in [2.24, 2.45) is 11.8 Å². The average molecular weight is 287 g/mol. The minimum absolute atomic E-state index is 0.285. The van der Waals surface area contributed by atoms with Crippen molar-refractivity contribution in [2.75, 3.05) is 0 Å². The molecule has 0 aliphatic heterocycles. The van der Waals surface area contributed by atoms with Crippen LogP contribution in [0.4, 0.5) is 0 Å². The van der Waals surface area contributed by atoms with Crippen LogP contribution in [0.15, 0.2) is 42.5 Å². The Hall–Kier alpha value is -1.01. The van der Waals surface area contributed by atoms with Gasteiger partial charge in [0.05, 0.1) is 0 Å². The number of rotatable bonds is 3. The molecule has 0 nitrogen and oxygen atoms in total. The lowest BCUT2D eigenvalue weighted by Crippen LogP contribution is -2.23. The van der Waals surface area contributed by atoms with Gasteiger partial charge in [0.15, 0.2) is 0 Å². The number of halogens is 1. The first kappa shape index (κ1) is 13.9. The largest absolute Gasteiger partial charge is 0.122 e. The van der Waals surface area contributed by atoms with E-state index in [0.29, 0.717) is 5.92 Å². The van der Waals surface area contributed by atoms with Crippen LogP contribution in [-0.4, -0.2) is 5.38 Å². The van der Waals surface area contributed by atoms with E-state index in [2.05, 4.69) is 49.4 Å². The van der Waals surface area contributed by atoms with Crippen LogP contribution < -0.4 is 0 Å². The SMILES string of the molecule is CC1CCC(C(Cl)Cc2cccc3ccccc23)CC1. The van der Waals surface area contributed by atoms with Crippen molar-refractivity contribution in [2.45, 2.75) is 44.4 Å². The zero-order valence-corrected chi connectivity index (χ0v) is 12.9. The summed E-state index contributed by atoms with van der Waals surface area (Å²) in [4.78, 5) is 0. The summed E-state index contributed by atoms with van der Waals surface area (Å²) in [5.74, 6) is 1.60. The predicted octanol–water partition coefficient (Wildman–Crippen LogP) is 5.82. The van der Waals surface area contributed by atoms with Gasteiger partial charge in [0.1, 0.15) is 0 Å². The second kappa shape index (κ2) is 6.18. The summed E-state index contributed by atoms with van der Waals surface area (Å²) in [6.07, 6.45) is 6.31. The van der Waals surface area contributed by atoms with Crippen LogP contribution in [0.3, 0.4) is 0 Å². The summed E-state index contributed by atoms with van der Waals surface area (Å²) < 4.78 is 0. The Morgan fingerprint density at radius 3 is 2.50 bits per heavy atom. The van der Waals surface area contributed by atoms with Crippen molar-refractivity contribution in [3.8, 4) is 0 Å². The van der Waals surface area contributed by atoms with Gasteiger partial charge in [-0.2, -0.15) is 0 Å². The monoisotopic (exact) mass is 286 g/mol. The number of hydrogen-bond donors (Lipinski definition) is 0. The van der Waals surface area contributed by atoms with Gasteiger partial charge in [-0.25, -0.2) is 0 Å². The number of benzene rings is 2. The third kappa shape index (κ3) is 3.01. The normalized spacial score (nSPS) is 24.7. The highest BCUT2D eigenvalue weighted by atomic mass is 35.5. The summed E-state index contributed by atoms with van der Waals surface area (Å²) in [5.41, 5.74) is 1.40. The molecule has 1 aliphatic carbocycles. The Balaban J connectivity index is 1.76. The standard InChI is InChI=1S/C19H23Cl/c1-14-9-11-16(12-10-14)19(20)13-17-7-4-6-15-5-2-3-8-18(15)17/h2-8,14,16,19H,9-13H2,1H3. The van der Waals surface area contributed by atoms with Crippen molar-refractivity contribution in [3.05, 3.63) is 48.0 Å². The third-order valence-electron chi connectivity index (χ3n) is 4.87. The second-order valence-corrected chi connectivity index (χ2v) is 6.94. The Morgan fingerprint density at radius 1 is 1.00 bits per heavy atom. The molecule has 1 aliphatic rings. The maximum absolute atomic E-state index is 6.74. The van der Waals surface area contributed by atoms with Gasteiger partial charge in [0.25, 0.3) is 0 Å². The average Bonchev–Trinajstić information content (AvgIpc) is 2.48. The Morgan fingerprint density at radius 2 is 1.70 bits per heavy atom. The third-order valence-corrected chi connectivity index (χ3v) is 5.38. The minimum Gasteiger partial charge on any atom is -0.122 e.